The molecular weight excluding hydrogens is 294 g/mol. The first-order valence-electron chi connectivity index (χ1n) is 5.98. The molecule has 1 heterocycles. The smallest absolute Gasteiger partial charge is 0.242 e. The van der Waals surface area contributed by atoms with Crippen molar-refractivity contribution in [2.75, 3.05) is 6.61 Å². The van der Waals surface area contributed by atoms with E-state index in [1.165, 1.54) is 6.07 Å². The summed E-state index contributed by atoms with van der Waals surface area (Å²) in [6.45, 7) is 1.40. The molecule has 0 aliphatic heterocycles. The van der Waals surface area contributed by atoms with Crippen molar-refractivity contribution in [3.05, 3.63) is 41.5 Å². The molecule has 0 unspecified atom stereocenters. The van der Waals surface area contributed by atoms with Gasteiger partial charge in [-0.05, 0) is 24.6 Å². The van der Waals surface area contributed by atoms with Gasteiger partial charge in [0.1, 0.15) is 6.61 Å². The highest BCUT2D eigenvalue weighted by molar-refractivity contribution is 7.89. The Hall–Kier alpha value is -2.21. The van der Waals surface area contributed by atoms with Crippen molar-refractivity contribution >= 4 is 10.0 Å². The molecule has 2 N–H and O–H groups in total. The average molecular weight is 307 g/mol. The molecule has 0 radical (unpaired) electrons. The van der Waals surface area contributed by atoms with Crippen LogP contribution in [0.25, 0.3) is 0 Å². The highest BCUT2D eigenvalue weighted by Gasteiger charge is 2.18. The van der Waals surface area contributed by atoms with Gasteiger partial charge in [-0.2, -0.15) is 4.98 Å². The van der Waals surface area contributed by atoms with Crippen molar-refractivity contribution in [2.45, 2.75) is 18.4 Å². The fourth-order valence-corrected chi connectivity index (χ4v) is 2.74. The number of benzene rings is 1. The van der Waals surface area contributed by atoms with Gasteiger partial charge in [0, 0.05) is 5.56 Å². The van der Waals surface area contributed by atoms with Gasteiger partial charge in [0.15, 0.2) is 5.82 Å². The third-order valence-corrected chi connectivity index (χ3v) is 4.01. The largest absolute Gasteiger partial charge is 0.384 e. The molecule has 8 heteroatoms. The van der Waals surface area contributed by atoms with Crippen LogP contribution in [0, 0.1) is 18.8 Å². The lowest BCUT2D eigenvalue weighted by Gasteiger charge is -2.08. The Bertz CT molecular complexity index is 773. The molecule has 0 saturated carbocycles. The highest BCUT2D eigenvalue weighted by Crippen LogP contribution is 2.16. The first kappa shape index (κ1) is 15.2. The minimum Gasteiger partial charge on any atom is -0.384 e. The minimum absolute atomic E-state index is 0.0394. The average Bonchev–Trinajstić information content (AvgIpc) is 2.96. The van der Waals surface area contributed by atoms with Crippen molar-refractivity contribution in [2.24, 2.45) is 0 Å². The molecule has 0 aliphatic rings. The van der Waals surface area contributed by atoms with Crippen LogP contribution in [0.1, 0.15) is 17.0 Å². The lowest BCUT2D eigenvalue weighted by atomic mass is 10.1. The van der Waals surface area contributed by atoms with Crippen LogP contribution in [-0.2, 0) is 16.6 Å². The second-order valence-corrected chi connectivity index (χ2v) is 5.87. The Kier molecular flexibility index (Phi) is 4.70. The molecule has 2 rings (SSSR count). The summed E-state index contributed by atoms with van der Waals surface area (Å²) >= 11 is 0. The van der Waals surface area contributed by atoms with E-state index >= 15 is 0 Å². The summed E-state index contributed by atoms with van der Waals surface area (Å²) in [7, 11) is -3.77. The second-order valence-electron chi connectivity index (χ2n) is 4.13. The molecule has 1 aromatic heterocycles. The zero-order chi connectivity index (χ0) is 15.3. The molecule has 0 saturated heterocycles. The van der Waals surface area contributed by atoms with Gasteiger partial charge in [0.05, 0.1) is 11.4 Å². The zero-order valence-corrected chi connectivity index (χ0v) is 12.0. The van der Waals surface area contributed by atoms with Gasteiger partial charge in [0.2, 0.25) is 16.4 Å². The Labute approximate surface area is 122 Å². The maximum Gasteiger partial charge on any atom is 0.242 e. The van der Waals surface area contributed by atoms with E-state index in [-0.39, 0.29) is 23.9 Å². The molecule has 0 spiro atoms. The Morgan fingerprint density at radius 2 is 2.24 bits per heavy atom. The van der Waals surface area contributed by atoms with Crippen LogP contribution >= 0.6 is 0 Å². The number of hydrogen-bond acceptors (Lipinski definition) is 6. The molecule has 1 aromatic carbocycles. The molecule has 0 fully saturated rings. The highest BCUT2D eigenvalue weighted by atomic mass is 32.2. The number of rotatable bonds is 4. The lowest BCUT2D eigenvalue weighted by molar-refractivity contribution is 0.350. The quantitative estimate of drug-likeness (QED) is 0.782. The number of aliphatic hydroxyl groups is 1. The molecule has 0 atom stereocenters. The van der Waals surface area contributed by atoms with E-state index in [0.29, 0.717) is 5.56 Å². The number of hydrogen-bond donors (Lipinski definition) is 2. The van der Waals surface area contributed by atoms with Gasteiger partial charge < -0.3 is 9.63 Å². The normalized spacial score (nSPS) is 11.0. The zero-order valence-electron chi connectivity index (χ0n) is 11.2. The summed E-state index contributed by atoms with van der Waals surface area (Å²) in [4.78, 5) is 3.77. The van der Waals surface area contributed by atoms with E-state index in [0.717, 1.165) is 12.0 Å². The summed E-state index contributed by atoms with van der Waals surface area (Å²) in [5.41, 5.74) is 1.19. The minimum atomic E-state index is -3.77. The van der Waals surface area contributed by atoms with Crippen LogP contribution in [0.2, 0.25) is 0 Å². The predicted octanol–water partition coefficient (Wildman–Crippen LogP) is 0.200. The van der Waals surface area contributed by atoms with Crippen molar-refractivity contribution in [1.29, 1.82) is 0 Å². The number of aryl methyl sites for hydroxylation is 1. The van der Waals surface area contributed by atoms with Gasteiger partial charge >= 0.3 is 0 Å². The molecule has 0 amide bonds. The SMILES string of the molecule is Cc1ccc(S(=O)(=O)NCc2ncon2)c(C#CCO)c1. The van der Waals surface area contributed by atoms with Crippen LogP contribution in [0.15, 0.2) is 34.0 Å². The van der Waals surface area contributed by atoms with Crippen LogP contribution < -0.4 is 4.72 Å². The third kappa shape index (κ3) is 3.88. The van der Waals surface area contributed by atoms with Gasteiger partial charge in [-0.25, -0.2) is 13.1 Å². The third-order valence-electron chi connectivity index (χ3n) is 2.55. The summed E-state index contributed by atoms with van der Waals surface area (Å²) in [5, 5.41) is 12.3. The van der Waals surface area contributed by atoms with Crippen LogP contribution in [-0.4, -0.2) is 30.3 Å². The summed E-state index contributed by atoms with van der Waals surface area (Å²) in [5.74, 6) is 5.31. The maximum absolute atomic E-state index is 12.3. The summed E-state index contributed by atoms with van der Waals surface area (Å²) in [6.07, 6.45) is 1.12. The van der Waals surface area contributed by atoms with Crippen LogP contribution in [0.4, 0.5) is 0 Å². The van der Waals surface area contributed by atoms with Crippen molar-refractivity contribution < 1.29 is 18.0 Å². The van der Waals surface area contributed by atoms with E-state index in [2.05, 4.69) is 31.2 Å². The monoisotopic (exact) mass is 307 g/mol. The van der Waals surface area contributed by atoms with Crippen LogP contribution in [0.5, 0.6) is 0 Å². The topological polar surface area (TPSA) is 105 Å². The van der Waals surface area contributed by atoms with Crippen molar-refractivity contribution in [3.63, 3.8) is 0 Å². The Balaban J connectivity index is 2.30. The molecule has 2 aromatic rings. The molecule has 110 valence electrons. The van der Waals surface area contributed by atoms with Gasteiger partial charge in [-0.1, -0.05) is 23.1 Å². The number of sulfonamides is 1. The van der Waals surface area contributed by atoms with E-state index < -0.39 is 10.0 Å². The standard InChI is InChI=1S/C13H13N3O4S/c1-10-4-5-12(11(7-10)3-2-6-17)21(18,19)15-8-13-14-9-20-16-13/h4-5,7,9,15,17H,6,8H2,1H3. The molecule has 0 aliphatic carbocycles. The summed E-state index contributed by atoms with van der Waals surface area (Å²) < 4.78 is 31.5. The first-order chi connectivity index (χ1) is 10.0. The fraction of sp³-hybridized carbons (Fsp3) is 0.231. The predicted molar refractivity (Wildman–Crippen MR) is 73.5 cm³/mol. The van der Waals surface area contributed by atoms with Gasteiger partial charge in [-0.3, -0.25) is 0 Å². The van der Waals surface area contributed by atoms with E-state index in [1.807, 2.05) is 6.92 Å². The number of nitrogens with zero attached hydrogens (tertiary/aromatic N) is 2. The fourth-order valence-electron chi connectivity index (χ4n) is 1.62. The Morgan fingerprint density at radius 1 is 1.43 bits per heavy atom. The Morgan fingerprint density at radius 3 is 2.90 bits per heavy atom. The molecule has 21 heavy (non-hydrogen) atoms. The number of aliphatic hydroxyl groups excluding tert-OH is 1. The molecule has 7 nitrogen and oxygen atoms in total. The van der Waals surface area contributed by atoms with Gasteiger partial charge in [0.25, 0.3) is 0 Å². The maximum atomic E-state index is 12.3. The molecular formula is C13H13N3O4S. The molecule has 0 bridgehead atoms. The number of nitrogens with one attached hydrogen (secondary N) is 1. The lowest BCUT2D eigenvalue weighted by Crippen LogP contribution is -2.24. The van der Waals surface area contributed by atoms with E-state index in [9.17, 15) is 8.42 Å². The second kappa shape index (κ2) is 6.49. The van der Waals surface area contributed by atoms with E-state index in [4.69, 9.17) is 5.11 Å². The van der Waals surface area contributed by atoms with Crippen LogP contribution in [0.3, 0.4) is 0 Å². The first-order valence-corrected chi connectivity index (χ1v) is 7.46. The van der Waals surface area contributed by atoms with Crippen molar-refractivity contribution in [1.82, 2.24) is 14.9 Å². The number of aromatic nitrogens is 2. The van der Waals surface area contributed by atoms with Gasteiger partial charge in [-0.15, -0.1) is 0 Å². The van der Waals surface area contributed by atoms with Crippen molar-refractivity contribution in [3.8, 4) is 11.8 Å². The summed E-state index contributed by atoms with van der Waals surface area (Å²) in [6, 6.07) is 4.79. The van der Waals surface area contributed by atoms with E-state index in [1.54, 1.807) is 12.1 Å².